The summed E-state index contributed by atoms with van der Waals surface area (Å²) in [7, 11) is 0. The second kappa shape index (κ2) is 4.50. The van der Waals surface area contributed by atoms with Crippen LogP contribution in [0.2, 0.25) is 0 Å². The van der Waals surface area contributed by atoms with Crippen molar-refractivity contribution in [1.82, 2.24) is 0 Å². The van der Waals surface area contributed by atoms with E-state index in [9.17, 15) is 4.79 Å². The minimum atomic E-state index is -0.156. The molecule has 1 aliphatic carbocycles. The number of rotatable bonds is 0. The largest absolute Gasteiger partial charge is 0.399 e. The minimum absolute atomic E-state index is 0.156. The molecule has 96 valence electrons. The summed E-state index contributed by atoms with van der Waals surface area (Å²) >= 11 is 1.79. The first-order valence-electron chi connectivity index (χ1n) is 6.53. The predicted molar refractivity (Wildman–Crippen MR) is 75.7 cm³/mol. The zero-order chi connectivity index (χ0) is 12.6. The van der Waals surface area contributed by atoms with Crippen molar-refractivity contribution in [3.63, 3.8) is 0 Å². The molecule has 1 aromatic carbocycles. The normalized spacial score (nSPS) is 22.1. The molecule has 1 amide bonds. The third-order valence-electron chi connectivity index (χ3n) is 4.05. The van der Waals surface area contributed by atoms with Crippen LogP contribution >= 0.6 is 11.8 Å². The first kappa shape index (κ1) is 11.9. The van der Waals surface area contributed by atoms with Crippen LogP contribution in [0.5, 0.6) is 0 Å². The second-order valence-corrected chi connectivity index (χ2v) is 6.36. The maximum absolute atomic E-state index is 12.5. The fourth-order valence-electron chi connectivity index (χ4n) is 2.91. The van der Waals surface area contributed by atoms with E-state index in [1.165, 1.54) is 19.3 Å². The number of carbonyl (C=O) groups is 1. The highest BCUT2D eigenvalue weighted by molar-refractivity contribution is 7.99. The topological polar surface area (TPSA) is 55.1 Å². The molecule has 18 heavy (non-hydrogen) atoms. The number of hydrogen-bond acceptors (Lipinski definition) is 3. The van der Waals surface area contributed by atoms with Gasteiger partial charge in [0.15, 0.2) is 0 Å². The van der Waals surface area contributed by atoms with Gasteiger partial charge in [0.05, 0.1) is 11.1 Å². The summed E-state index contributed by atoms with van der Waals surface area (Å²) in [6.45, 7) is 0. The molecule has 1 heterocycles. The zero-order valence-corrected chi connectivity index (χ0v) is 11.2. The van der Waals surface area contributed by atoms with Gasteiger partial charge in [0.1, 0.15) is 0 Å². The van der Waals surface area contributed by atoms with Crippen LogP contribution in [0.25, 0.3) is 0 Å². The molecule has 3 N–H and O–H groups in total. The molecule has 1 spiro atoms. The van der Waals surface area contributed by atoms with Gasteiger partial charge in [-0.1, -0.05) is 19.3 Å². The molecule has 0 atom stereocenters. The third-order valence-corrected chi connectivity index (χ3v) is 5.41. The maximum atomic E-state index is 12.5. The van der Waals surface area contributed by atoms with E-state index < -0.39 is 0 Å². The van der Waals surface area contributed by atoms with Crippen molar-refractivity contribution in [3.05, 3.63) is 18.2 Å². The number of carbonyl (C=O) groups excluding carboxylic acids is 1. The van der Waals surface area contributed by atoms with Gasteiger partial charge < -0.3 is 11.1 Å². The summed E-state index contributed by atoms with van der Waals surface area (Å²) in [4.78, 5) is 13.6. The molecule has 3 nitrogen and oxygen atoms in total. The van der Waals surface area contributed by atoms with Crippen LogP contribution in [0.15, 0.2) is 23.1 Å². The quantitative estimate of drug-likeness (QED) is 0.706. The van der Waals surface area contributed by atoms with Crippen molar-refractivity contribution in [2.24, 2.45) is 5.41 Å². The van der Waals surface area contributed by atoms with E-state index >= 15 is 0 Å². The fourth-order valence-corrected chi connectivity index (χ4v) is 4.19. The molecule has 1 aliphatic heterocycles. The highest BCUT2D eigenvalue weighted by atomic mass is 32.2. The lowest BCUT2D eigenvalue weighted by Gasteiger charge is -2.33. The highest BCUT2D eigenvalue weighted by Crippen LogP contribution is 2.45. The SMILES string of the molecule is Nc1ccc2c(c1)NC(=O)C1(CCCCC1)CS2. The maximum Gasteiger partial charge on any atom is 0.231 e. The number of thioether (sulfide) groups is 1. The van der Waals surface area contributed by atoms with Crippen LogP contribution in [0.1, 0.15) is 32.1 Å². The summed E-state index contributed by atoms with van der Waals surface area (Å²) in [6, 6.07) is 5.77. The first-order valence-corrected chi connectivity index (χ1v) is 7.52. The molecule has 1 aromatic rings. The van der Waals surface area contributed by atoms with Crippen molar-refractivity contribution in [3.8, 4) is 0 Å². The molecule has 1 saturated carbocycles. The van der Waals surface area contributed by atoms with Gasteiger partial charge in [-0.05, 0) is 31.0 Å². The van der Waals surface area contributed by atoms with E-state index in [0.717, 1.165) is 29.2 Å². The van der Waals surface area contributed by atoms with Crippen LogP contribution in [0.4, 0.5) is 11.4 Å². The van der Waals surface area contributed by atoms with Crippen molar-refractivity contribution in [2.45, 2.75) is 37.0 Å². The van der Waals surface area contributed by atoms with Gasteiger partial charge in [-0.2, -0.15) is 0 Å². The van der Waals surface area contributed by atoms with Crippen molar-refractivity contribution < 1.29 is 4.79 Å². The molecule has 3 rings (SSSR count). The Hall–Kier alpha value is -1.16. The van der Waals surface area contributed by atoms with E-state index in [1.807, 2.05) is 18.2 Å². The molecule has 0 saturated heterocycles. The lowest BCUT2D eigenvalue weighted by molar-refractivity contribution is -0.126. The molecular weight excluding hydrogens is 244 g/mol. The molecule has 0 radical (unpaired) electrons. The molecule has 0 bridgehead atoms. The van der Waals surface area contributed by atoms with Crippen LogP contribution in [0, 0.1) is 5.41 Å². The molecule has 2 aliphatic rings. The van der Waals surface area contributed by atoms with E-state index in [4.69, 9.17) is 5.73 Å². The highest BCUT2D eigenvalue weighted by Gasteiger charge is 2.41. The van der Waals surface area contributed by atoms with Gasteiger partial charge in [0.2, 0.25) is 5.91 Å². The van der Waals surface area contributed by atoms with E-state index in [-0.39, 0.29) is 11.3 Å². The standard InChI is InChI=1S/C14H18N2OS/c15-10-4-5-12-11(8-10)16-13(17)14(9-18-12)6-2-1-3-7-14/h4-5,8H,1-3,6-7,9,15H2,(H,16,17). The van der Waals surface area contributed by atoms with Gasteiger partial charge in [0, 0.05) is 16.3 Å². The average molecular weight is 262 g/mol. The van der Waals surface area contributed by atoms with Crippen LogP contribution in [-0.2, 0) is 4.79 Å². The van der Waals surface area contributed by atoms with Crippen molar-refractivity contribution in [2.75, 3.05) is 16.8 Å². The summed E-state index contributed by atoms with van der Waals surface area (Å²) in [5.74, 6) is 1.09. The van der Waals surface area contributed by atoms with Gasteiger partial charge in [-0.25, -0.2) is 0 Å². The van der Waals surface area contributed by atoms with Gasteiger partial charge >= 0.3 is 0 Å². The van der Waals surface area contributed by atoms with Gasteiger partial charge in [0.25, 0.3) is 0 Å². The smallest absolute Gasteiger partial charge is 0.231 e. The Morgan fingerprint density at radius 3 is 2.78 bits per heavy atom. The Morgan fingerprint density at radius 2 is 2.00 bits per heavy atom. The summed E-state index contributed by atoms with van der Waals surface area (Å²) in [5, 5.41) is 3.08. The minimum Gasteiger partial charge on any atom is -0.399 e. The van der Waals surface area contributed by atoms with Crippen molar-refractivity contribution in [1.29, 1.82) is 0 Å². The number of nitrogens with one attached hydrogen (secondary N) is 1. The lowest BCUT2D eigenvalue weighted by atomic mass is 9.75. The monoisotopic (exact) mass is 262 g/mol. The number of fused-ring (bicyclic) bond motifs is 1. The lowest BCUT2D eigenvalue weighted by Crippen LogP contribution is -2.39. The zero-order valence-electron chi connectivity index (χ0n) is 10.4. The Kier molecular flexibility index (Phi) is 2.98. The Balaban J connectivity index is 1.92. The molecule has 0 aromatic heterocycles. The van der Waals surface area contributed by atoms with Gasteiger partial charge in [-0.15, -0.1) is 11.8 Å². The Morgan fingerprint density at radius 1 is 1.22 bits per heavy atom. The Bertz CT molecular complexity index is 481. The number of hydrogen-bond donors (Lipinski definition) is 2. The second-order valence-electron chi connectivity index (χ2n) is 5.34. The van der Waals surface area contributed by atoms with Gasteiger partial charge in [-0.3, -0.25) is 4.79 Å². The Labute approximate surface area is 112 Å². The fraction of sp³-hybridized carbons (Fsp3) is 0.500. The number of benzene rings is 1. The third kappa shape index (κ3) is 1.99. The van der Waals surface area contributed by atoms with E-state index in [2.05, 4.69) is 5.32 Å². The van der Waals surface area contributed by atoms with Crippen LogP contribution in [-0.4, -0.2) is 11.7 Å². The molecular formula is C14H18N2OS. The summed E-state index contributed by atoms with van der Waals surface area (Å²) < 4.78 is 0. The number of amides is 1. The molecule has 1 fully saturated rings. The van der Waals surface area contributed by atoms with Crippen molar-refractivity contribution >= 4 is 29.0 Å². The number of nitrogen functional groups attached to an aromatic ring is 1. The number of nitrogens with two attached hydrogens (primary N) is 1. The first-order chi connectivity index (χ1) is 8.70. The molecule has 0 unspecified atom stereocenters. The summed E-state index contributed by atoms with van der Waals surface area (Å²) in [6.07, 6.45) is 5.66. The number of anilines is 2. The summed E-state index contributed by atoms with van der Waals surface area (Å²) in [5.41, 5.74) is 7.22. The van der Waals surface area contributed by atoms with Crippen LogP contribution < -0.4 is 11.1 Å². The average Bonchev–Trinajstić information content (AvgIpc) is 2.50. The molecule has 4 heteroatoms. The van der Waals surface area contributed by atoms with Crippen LogP contribution in [0.3, 0.4) is 0 Å². The van der Waals surface area contributed by atoms with E-state index in [1.54, 1.807) is 11.8 Å². The van der Waals surface area contributed by atoms with E-state index in [0.29, 0.717) is 5.69 Å². The predicted octanol–water partition coefficient (Wildman–Crippen LogP) is 3.26.